The number of benzene rings is 1. The molecule has 1 saturated heterocycles. The molecular weight excluding hydrogens is 304 g/mol. The second-order valence-electron chi connectivity index (χ2n) is 4.12. The summed E-state index contributed by atoms with van der Waals surface area (Å²) in [6.07, 6.45) is 0. The summed E-state index contributed by atoms with van der Waals surface area (Å²) in [5, 5.41) is 0. The highest BCUT2D eigenvalue weighted by atomic mass is 79.9. The van der Waals surface area contributed by atoms with Crippen molar-refractivity contribution in [2.45, 2.75) is 6.54 Å². The fourth-order valence-corrected chi connectivity index (χ4v) is 3.59. The largest absolute Gasteiger partial charge is 0.369 e. The van der Waals surface area contributed by atoms with E-state index in [0.29, 0.717) is 19.6 Å². The number of sulfone groups is 1. The Hall–Kier alpha value is -0.590. The SMILES string of the molecule is NCc1cc(Br)ccc1N1CCS(=O)(=O)CC1. The Balaban J connectivity index is 2.24. The minimum atomic E-state index is -2.83. The molecule has 17 heavy (non-hydrogen) atoms. The second kappa shape index (κ2) is 4.96. The third kappa shape index (κ3) is 3.00. The summed E-state index contributed by atoms with van der Waals surface area (Å²) in [7, 11) is -2.83. The number of halogens is 1. The maximum Gasteiger partial charge on any atom is 0.153 e. The standard InChI is InChI=1S/C11H15BrN2O2S/c12-10-1-2-11(9(7-10)8-13)14-3-5-17(15,16)6-4-14/h1-2,7H,3-6,8,13H2. The Bertz CT molecular complexity index is 502. The van der Waals surface area contributed by atoms with Crippen LogP contribution in [0.4, 0.5) is 5.69 Å². The average Bonchev–Trinajstić information content (AvgIpc) is 2.29. The first-order valence-electron chi connectivity index (χ1n) is 5.46. The van der Waals surface area contributed by atoms with E-state index in [-0.39, 0.29) is 11.5 Å². The first kappa shape index (κ1) is 12.9. The monoisotopic (exact) mass is 318 g/mol. The smallest absolute Gasteiger partial charge is 0.153 e. The average molecular weight is 319 g/mol. The summed E-state index contributed by atoms with van der Waals surface area (Å²) in [5.41, 5.74) is 7.80. The maximum absolute atomic E-state index is 11.4. The van der Waals surface area contributed by atoms with Crippen molar-refractivity contribution in [3.8, 4) is 0 Å². The van der Waals surface area contributed by atoms with Crippen molar-refractivity contribution in [2.24, 2.45) is 5.73 Å². The van der Waals surface area contributed by atoms with Gasteiger partial charge >= 0.3 is 0 Å². The van der Waals surface area contributed by atoms with Crippen molar-refractivity contribution in [3.05, 3.63) is 28.2 Å². The van der Waals surface area contributed by atoms with Crippen LogP contribution in [0.25, 0.3) is 0 Å². The fourth-order valence-electron chi connectivity index (χ4n) is 1.98. The van der Waals surface area contributed by atoms with Gasteiger partial charge in [-0.1, -0.05) is 15.9 Å². The van der Waals surface area contributed by atoms with E-state index in [1.807, 2.05) is 18.2 Å². The van der Waals surface area contributed by atoms with Gasteiger partial charge in [-0.25, -0.2) is 8.42 Å². The molecular formula is C11H15BrN2O2S. The van der Waals surface area contributed by atoms with E-state index >= 15 is 0 Å². The van der Waals surface area contributed by atoms with Crippen LogP contribution in [0.5, 0.6) is 0 Å². The molecule has 1 aromatic carbocycles. The quantitative estimate of drug-likeness (QED) is 0.888. The van der Waals surface area contributed by atoms with Gasteiger partial charge in [-0.2, -0.15) is 0 Å². The maximum atomic E-state index is 11.4. The molecule has 0 bridgehead atoms. The van der Waals surface area contributed by atoms with Gasteiger partial charge in [0, 0.05) is 29.8 Å². The number of nitrogens with zero attached hydrogens (tertiary/aromatic N) is 1. The summed E-state index contributed by atoms with van der Waals surface area (Å²) >= 11 is 3.41. The molecule has 94 valence electrons. The lowest BCUT2D eigenvalue weighted by Gasteiger charge is -2.30. The van der Waals surface area contributed by atoms with Gasteiger partial charge in [-0.15, -0.1) is 0 Å². The lowest BCUT2D eigenvalue weighted by Crippen LogP contribution is -2.40. The highest BCUT2D eigenvalue weighted by Crippen LogP contribution is 2.25. The molecule has 0 radical (unpaired) electrons. The molecule has 0 aromatic heterocycles. The molecule has 4 nitrogen and oxygen atoms in total. The highest BCUT2D eigenvalue weighted by molar-refractivity contribution is 9.10. The van der Waals surface area contributed by atoms with Crippen LogP contribution >= 0.6 is 15.9 Å². The van der Waals surface area contributed by atoms with E-state index in [0.717, 1.165) is 15.7 Å². The molecule has 0 aliphatic carbocycles. The van der Waals surface area contributed by atoms with E-state index in [4.69, 9.17) is 5.73 Å². The molecule has 1 aliphatic rings. The highest BCUT2D eigenvalue weighted by Gasteiger charge is 2.22. The van der Waals surface area contributed by atoms with Gasteiger partial charge in [0.15, 0.2) is 9.84 Å². The van der Waals surface area contributed by atoms with Crippen molar-refractivity contribution in [2.75, 3.05) is 29.5 Å². The molecule has 6 heteroatoms. The van der Waals surface area contributed by atoms with Gasteiger partial charge in [0.2, 0.25) is 0 Å². The molecule has 0 unspecified atom stereocenters. The predicted octanol–water partition coefficient (Wildman–Crippen LogP) is 1.14. The number of nitrogens with two attached hydrogens (primary N) is 1. The van der Waals surface area contributed by atoms with Crippen LogP contribution in [-0.2, 0) is 16.4 Å². The zero-order valence-corrected chi connectivity index (χ0v) is 11.8. The summed E-state index contributed by atoms with van der Waals surface area (Å²) < 4.78 is 23.7. The zero-order chi connectivity index (χ0) is 12.5. The molecule has 1 heterocycles. The lowest BCUT2D eigenvalue weighted by atomic mass is 10.1. The van der Waals surface area contributed by atoms with Crippen LogP contribution in [-0.4, -0.2) is 33.0 Å². The lowest BCUT2D eigenvalue weighted by molar-refractivity contribution is 0.586. The third-order valence-corrected chi connectivity index (χ3v) is 5.05. The summed E-state index contributed by atoms with van der Waals surface area (Å²) in [5.74, 6) is 0.458. The molecule has 2 rings (SSSR count). The predicted molar refractivity (Wildman–Crippen MR) is 72.9 cm³/mol. The van der Waals surface area contributed by atoms with E-state index in [9.17, 15) is 8.42 Å². The van der Waals surface area contributed by atoms with Gasteiger partial charge in [0.05, 0.1) is 11.5 Å². The summed E-state index contributed by atoms with van der Waals surface area (Å²) in [6.45, 7) is 1.56. The Kier molecular flexibility index (Phi) is 3.75. The topological polar surface area (TPSA) is 63.4 Å². The molecule has 1 aromatic rings. The minimum Gasteiger partial charge on any atom is -0.369 e. The molecule has 1 aliphatic heterocycles. The third-order valence-electron chi connectivity index (χ3n) is 2.95. The van der Waals surface area contributed by atoms with Gasteiger partial charge in [0.1, 0.15) is 0 Å². The molecule has 0 spiro atoms. The molecule has 0 saturated carbocycles. The van der Waals surface area contributed by atoms with Crippen LogP contribution in [0.15, 0.2) is 22.7 Å². The van der Waals surface area contributed by atoms with Gasteiger partial charge in [-0.3, -0.25) is 0 Å². The molecule has 0 amide bonds. The van der Waals surface area contributed by atoms with Crippen molar-refractivity contribution in [1.82, 2.24) is 0 Å². The summed E-state index contributed by atoms with van der Waals surface area (Å²) in [4.78, 5) is 2.09. The first-order valence-corrected chi connectivity index (χ1v) is 8.07. The Morgan fingerprint density at radius 3 is 2.53 bits per heavy atom. The minimum absolute atomic E-state index is 0.229. The van der Waals surface area contributed by atoms with E-state index in [1.165, 1.54) is 0 Å². The van der Waals surface area contributed by atoms with Crippen LogP contribution in [0.2, 0.25) is 0 Å². The van der Waals surface area contributed by atoms with Gasteiger partial charge < -0.3 is 10.6 Å². The normalized spacial score (nSPS) is 19.3. The van der Waals surface area contributed by atoms with Crippen molar-refractivity contribution < 1.29 is 8.42 Å². The van der Waals surface area contributed by atoms with Gasteiger partial charge in [-0.05, 0) is 23.8 Å². The van der Waals surface area contributed by atoms with Crippen molar-refractivity contribution >= 4 is 31.5 Å². The Morgan fingerprint density at radius 2 is 1.94 bits per heavy atom. The van der Waals surface area contributed by atoms with Crippen molar-refractivity contribution in [1.29, 1.82) is 0 Å². The van der Waals surface area contributed by atoms with Crippen LogP contribution in [0, 0.1) is 0 Å². The van der Waals surface area contributed by atoms with Crippen molar-refractivity contribution in [3.63, 3.8) is 0 Å². The number of rotatable bonds is 2. The zero-order valence-electron chi connectivity index (χ0n) is 9.39. The molecule has 0 atom stereocenters. The number of hydrogen-bond donors (Lipinski definition) is 1. The fraction of sp³-hybridized carbons (Fsp3) is 0.455. The molecule has 1 fully saturated rings. The van der Waals surface area contributed by atoms with E-state index in [1.54, 1.807) is 0 Å². The van der Waals surface area contributed by atoms with Crippen LogP contribution in [0.3, 0.4) is 0 Å². The second-order valence-corrected chi connectivity index (χ2v) is 7.34. The number of hydrogen-bond acceptors (Lipinski definition) is 4. The van der Waals surface area contributed by atoms with Gasteiger partial charge in [0.25, 0.3) is 0 Å². The first-order chi connectivity index (χ1) is 8.02. The van der Waals surface area contributed by atoms with Crippen LogP contribution in [0.1, 0.15) is 5.56 Å². The Labute approximate surface area is 110 Å². The van der Waals surface area contributed by atoms with Crippen LogP contribution < -0.4 is 10.6 Å². The van der Waals surface area contributed by atoms with E-state index in [2.05, 4.69) is 20.8 Å². The number of anilines is 1. The summed E-state index contributed by atoms with van der Waals surface area (Å²) in [6, 6.07) is 5.93. The Morgan fingerprint density at radius 1 is 1.29 bits per heavy atom. The van der Waals surface area contributed by atoms with E-state index < -0.39 is 9.84 Å². The molecule has 2 N–H and O–H groups in total.